The molecule has 0 spiro atoms. The lowest BCUT2D eigenvalue weighted by molar-refractivity contribution is -0.147. The second-order valence-corrected chi connectivity index (χ2v) is 13.4. The zero-order valence-corrected chi connectivity index (χ0v) is 25.6. The molecule has 2 aliphatic carbocycles. The first kappa shape index (κ1) is 30.3. The number of sulfonamides is 1. The number of hydrogen-bond donors (Lipinski definition) is 2. The number of nitrogens with one attached hydrogen (secondary N) is 1. The quantitative estimate of drug-likeness (QED) is 0.243. The lowest BCUT2D eigenvalue weighted by Gasteiger charge is -2.32. The van der Waals surface area contributed by atoms with E-state index in [9.17, 15) is 18.3 Å². The standard InChI is InChI=1S/C34H38N2O7S/c1-41-28-10-12-29(13-11-28)44(39,40)36(15-17-37)16-18-42-33-22-25(21-32(43-33)34(38)35-27-6-4-7-27)23-9-14-31-26(19-23)20-24-5-2-3-8-30(24)31/h2-3,5,8-14,19,21,25,27,33,37H,4,6-7,15-18,20,22H2,1H3,(H,35,38)/t25-,33+/m1/s1. The molecule has 0 aromatic heterocycles. The first-order valence-electron chi connectivity index (χ1n) is 15.1. The number of allylic oxidation sites excluding steroid dienone is 1. The fourth-order valence-electron chi connectivity index (χ4n) is 6.00. The Morgan fingerprint density at radius 2 is 1.80 bits per heavy atom. The third-order valence-corrected chi connectivity index (χ3v) is 10.6. The highest BCUT2D eigenvalue weighted by Gasteiger charge is 2.32. The summed E-state index contributed by atoms with van der Waals surface area (Å²) in [6.07, 6.45) is 5.47. The SMILES string of the molecule is COc1ccc(S(=O)(=O)N(CCO)CCO[C@@H]2C[C@H](c3ccc4c(c3)Cc3ccccc3-4)C=C(C(=O)NC3CCC3)O2)cc1. The second kappa shape index (κ2) is 13.1. The molecule has 3 aromatic rings. The van der Waals surface area contributed by atoms with Gasteiger partial charge >= 0.3 is 0 Å². The maximum atomic E-state index is 13.3. The van der Waals surface area contributed by atoms with Gasteiger partial charge in [-0.1, -0.05) is 42.5 Å². The topological polar surface area (TPSA) is 114 Å². The Morgan fingerprint density at radius 1 is 1.02 bits per heavy atom. The molecule has 0 unspecified atom stereocenters. The van der Waals surface area contributed by atoms with Gasteiger partial charge in [0.25, 0.3) is 5.91 Å². The molecule has 1 fully saturated rings. The van der Waals surface area contributed by atoms with Crippen molar-refractivity contribution >= 4 is 15.9 Å². The van der Waals surface area contributed by atoms with Crippen LogP contribution in [0.2, 0.25) is 0 Å². The minimum atomic E-state index is -3.89. The molecule has 10 heteroatoms. The summed E-state index contributed by atoms with van der Waals surface area (Å²) in [7, 11) is -2.37. The molecule has 2 N–H and O–H groups in total. The zero-order chi connectivity index (χ0) is 30.7. The van der Waals surface area contributed by atoms with Gasteiger partial charge in [-0.25, -0.2) is 8.42 Å². The van der Waals surface area contributed by atoms with Crippen molar-refractivity contribution in [3.63, 3.8) is 0 Å². The fourth-order valence-corrected chi connectivity index (χ4v) is 7.42. The van der Waals surface area contributed by atoms with Gasteiger partial charge in [0, 0.05) is 31.5 Å². The van der Waals surface area contributed by atoms with Gasteiger partial charge in [0.15, 0.2) is 5.76 Å². The molecule has 6 rings (SSSR count). The maximum Gasteiger partial charge on any atom is 0.286 e. The summed E-state index contributed by atoms with van der Waals surface area (Å²) in [4.78, 5) is 13.3. The number of hydrogen-bond acceptors (Lipinski definition) is 7. The van der Waals surface area contributed by atoms with Crippen molar-refractivity contribution in [1.82, 2.24) is 9.62 Å². The monoisotopic (exact) mass is 618 g/mol. The molecular weight excluding hydrogens is 580 g/mol. The van der Waals surface area contributed by atoms with Gasteiger partial charge < -0.3 is 24.6 Å². The lowest BCUT2D eigenvalue weighted by atomic mass is 9.90. The van der Waals surface area contributed by atoms with Crippen LogP contribution in [0.4, 0.5) is 0 Å². The van der Waals surface area contributed by atoms with Crippen LogP contribution in [0.25, 0.3) is 11.1 Å². The summed E-state index contributed by atoms with van der Waals surface area (Å²) in [6, 6.07) is 21.2. The van der Waals surface area contributed by atoms with Crippen LogP contribution in [0.1, 0.15) is 48.3 Å². The number of carbonyl (C=O) groups is 1. The summed E-state index contributed by atoms with van der Waals surface area (Å²) < 4.78 is 45.1. The number of rotatable bonds is 12. The van der Waals surface area contributed by atoms with Gasteiger partial charge in [-0.2, -0.15) is 4.31 Å². The second-order valence-electron chi connectivity index (χ2n) is 11.4. The summed E-state index contributed by atoms with van der Waals surface area (Å²) in [6.45, 7) is -0.403. The Kier molecular flexibility index (Phi) is 9.04. The minimum absolute atomic E-state index is 0.00384. The molecule has 2 atom stereocenters. The predicted octanol–water partition coefficient (Wildman–Crippen LogP) is 4.35. The smallest absolute Gasteiger partial charge is 0.286 e. The molecule has 232 valence electrons. The van der Waals surface area contributed by atoms with Crippen molar-refractivity contribution in [3.8, 4) is 16.9 Å². The van der Waals surface area contributed by atoms with Gasteiger partial charge in [0.1, 0.15) is 5.75 Å². The number of fused-ring (bicyclic) bond motifs is 3. The third-order valence-electron chi connectivity index (χ3n) is 8.66. The van der Waals surface area contributed by atoms with Crippen LogP contribution >= 0.6 is 0 Å². The number of benzene rings is 3. The van der Waals surface area contributed by atoms with E-state index < -0.39 is 16.3 Å². The van der Waals surface area contributed by atoms with Crippen LogP contribution in [0.15, 0.2) is 83.5 Å². The average molecular weight is 619 g/mol. The molecule has 1 saturated carbocycles. The molecule has 0 saturated heterocycles. The number of methoxy groups -OCH3 is 1. The zero-order valence-electron chi connectivity index (χ0n) is 24.8. The van der Waals surface area contributed by atoms with E-state index in [4.69, 9.17) is 14.2 Å². The molecule has 1 heterocycles. The number of carbonyl (C=O) groups excluding carboxylic acids is 1. The predicted molar refractivity (Wildman–Crippen MR) is 166 cm³/mol. The number of nitrogens with zero attached hydrogens (tertiary/aromatic N) is 1. The van der Waals surface area contributed by atoms with Gasteiger partial charge in [-0.15, -0.1) is 0 Å². The van der Waals surface area contributed by atoms with Crippen molar-refractivity contribution < 1.29 is 32.5 Å². The molecule has 0 bridgehead atoms. The van der Waals surface area contributed by atoms with Crippen molar-refractivity contribution in [2.45, 2.75) is 55.2 Å². The number of aliphatic hydroxyl groups is 1. The highest BCUT2D eigenvalue weighted by Crippen LogP contribution is 2.40. The largest absolute Gasteiger partial charge is 0.497 e. The molecule has 0 radical (unpaired) electrons. The Balaban J connectivity index is 1.17. The summed E-state index contributed by atoms with van der Waals surface area (Å²) in [5.74, 6) is 0.384. The first-order chi connectivity index (χ1) is 21.4. The molecule has 44 heavy (non-hydrogen) atoms. The Bertz CT molecular complexity index is 1630. The fraction of sp³-hybridized carbons (Fsp3) is 0.382. The van der Waals surface area contributed by atoms with Crippen molar-refractivity contribution in [1.29, 1.82) is 0 Å². The summed E-state index contributed by atoms with van der Waals surface area (Å²) in [5, 5.41) is 12.7. The molecule has 1 aliphatic heterocycles. The highest BCUT2D eigenvalue weighted by molar-refractivity contribution is 7.89. The average Bonchev–Trinajstić information content (AvgIpc) is 3.40. The summed E-state index contributed by atoms with van der Waals surface area (Å²) in [5.41, 5.74) is 6.13. The summed E-state index contributed by atoms with van der Waals surface area (Å²) >= 11 is 0. The molecule has 3 aliphatic rings. The van der Waals surface area contributed by atoms with Gasteiger partial charge in [0.2, 0.25) is 16.3 Å². The van der Waals surface area contributed by atoms with Crippen LogP contribution in [-0.2, 0) is 30.7 Å². The molecule has 1 amide bonds. The Labute approximate surface area is 258 Å². The van der Waals surface area contributed by atoms with Crippen LogP contribution < -0.4 is 10.1 Å². The van der Waals surface area contributed by atoms with Crippen LogP contribution in [0, 0.1) is 0 Å². The van der Waals surface area contributed by atoms with Gasteiger partial charge in [0.05, 0.1) is 25.2 Å². The normalized spacial score (nSPS) is 19.4. The van der Waals surface area contributed by atoms with Crippen molar-refractivity contribution in [2.75, 3.05) is 33.4 Å². The van der Waals surface area contributed by atoms with E-state index in [1.807, 2.05) is 6.08 Å². The van der Waals surface area contributed by atoms with Gasteiger partial charge in [-0.05, 0) is 83.8 Å². The molecular formula is C34H38N2O7S. The van der Waals surface area contributed by atoms with E-state index in [0.29, 0.717) is 12.2 Å². The molecule has 3 aromatic carbocycles. The number of aliphatic hydroxyl groups excluding tert-OH is 1. The van der Waals surface area contributed by atoms with Gasteiger partial charge in [-0.3, -0.25) is 4.79 Å². The van der Waals surface area contributed by atoms with E-state index in [2.05, 4.69) is 47.8 Å². The van der Waals surface area contributed by atoms with Crippen LogP contribution in [0.3, 0.4) is 0 Å². The minimum Gasteiger partial charge on any atom is -0.497 e. The first-order valence-corrected chi connectivity index (χ1v) is 16.6. The number of amides is 1. The van der Waals surface area contributed by atoms with Crippen LogP contribution in [-0.4, -0.2) is 69.5 Å². The Hall–Kier alpha value is -3.70. The molecule has 9 nitrogen and oxygen atoms in total. The maximum absolute atomic E-state index is 13.3. The lowest BCUT2D eigenvalue weighted by Crippen LogP contribution is -2.42. The van der Waals surface area contributed by atoms with Crippen LogP contribution in [0.5, 0.6) is 5.75 Å². The van der Waals surface area contributed by atoms with E-state index >= 15 is 0 Å². The van der Waals surface area contributed by atoms with E-state index in [1.165, 1.54) is 45.8 Å². The van der Waals surface area contributed by atoms with E-state index in [0.717, 1.165) is 31.2 Å². The van der Waals surface area contributed by atoms with Crippen molar-refractivity contribution in [2.24, 2.45) is 0 Å². The van der Waals surface area contributed by atoms with Crippen molar-refractivity contribution in [3.05, 3.63) is 95.3 Å². The number of ether oxygens (including phenoxy) is 3. The Morgan fingerprint density at radius 3 is 2.52 bits per heavy atom. The third kappa shape index (κ3) is 6.39. The highest BCUT2D eigenvalue weighted by atomic mass is 32.2. The van der Waals surface area contributed by atoms with E-state index in [1.54, 1.807) is 12.1 Å². The van der Waals surface area contributed by atoms with E-state index in [-0.39, 0.29) is 54.8 Å².